The largest absolute Gasteiger partial charge is 0.494 e. The molecule has 0 atom stereocenters. The molecule has 1 heterocycles. The number of hydrogen-bond donors (Lipinski definition) is 1. The van der Waals surface area contributed by atoms with E-state index >= 15 is 0 Å². The van der Waals surface area contributed by atoms with Gasteiger partial charge in [0.05, 0.1) is 17.8 Å². The first kappa shape index (κ1) is 13.4. The summed E-state index contributed by atoms with van der Waals surface area (Å²) in [6, 6.07) is 17.8. The van der Waals surface area contributed by atoms with Crippen molar-refractivity contribution < 1.29 is 4.74 Å². The molecule has 0 saturated heterocycles. The lowest BCUT2D eigenvalue weighted by Crippen LogP contribution is -1.97. The quantitative estimate of drug-likeness (QED) is 0.775. The van der Waals surface area contributed by atoms with E-state index in [1.807, 2.05) is 54.6 Å². The van der Waals surface area contributed by atoms with Crippen LogP contribution in [0.1, 0.15) is 13.3 Å². The van der Waals surface area contributed by atoms with Crippen molar-refractivity contribution in [3.63, 3.8) is 0 Å². The minimum Gasteiger partial charge on any atom is -0.494 e. The maximum Gasteiger partial charge on any atom is 0.120 e. The van der Waals surface area contributed by atoms with Crippen molar-refractivity contribution in [1.29, 1.82) is 0 Å². The molecule has 0 radical (unpaired) electrons. The molecule has 106 valence electrons. The van der Waals surface area contributed by atoms with Gasteiger partial charge in [-0.3, -0.25) is 0 Å². The van der Waals surface area contributed by atoms with Gasteiger partial charge in [0, 0.05) is 16.6 Å². The highest BCUT2D eigenvalue weighted by atomic mass is 16.5. The van der Waals surface area contributed by atoms with Crippen LogP contribution < -0.4 is 10.5 Å². The summed E-state index contributed by atoms with van der Waals surface area (Å²) in [7, 11) is 0. The molecule has 1 aromatic heterocycles. The molecule has 3 rings (SSSR count). The fourth-order valence-electron chi connectivity index (χ4n) is 2.30. The van der Waals surface area contributed by atoms with E-state index in [2.05, 4.69) is 6.92 Å². The molecule has 2 N–H and O–H groups in total. The average molecular weight is 278 g/mol. The van der Waals surface area contributed by atoms with E-state index in [-0.39, 0.29) is 0 Å². The third-order valence-corrected chi connectivity index (χ3v) is 3.35. The van der Waals surface area contributed by atoms with Crippen LogP contribution in [-0.4, -0.2) is 11.6 Å². The standard InChI is InChI=1S/C18H18N2O/c1-2-10-21-14-8-9-17-15(11-14)16(19)12-18(20-17)13-6-4-3-5-7-13/h3-9,11-12H,2,10H2,1H3,(H2,19,20). The van der Waals surface area contributed by atoms with Crippen molar-refractivity contribution in [2.75, 3.05) is 12.3 Å². The van der Waals surface area contributed by atoms with Crippen molar-refractivity contribution in [3.8, 4) is 17.0 Å². The number of ether oxygens (including phenoxy) is 1. The average Bonchev–Trinajstić information content (AvgIpc) is 2.54. The van der Waals surface area contributed by atoms with Gasteiger partial charge in [-0.15, -0.1) is 0 Å². The summed E-state index contributed by atoms with van der Waals surface area (Å²) in [4.78, 5) is 4.69. The zero-order chi connectivity index (χ0) is 14.7. The van der Waals surface area contributed by atoms with Crippen LogP contribution in [-0.2, 0) is 0 Å². The maximum absolute atomic E-state index is 6.20. The van der Waals surface area contributed by atoms with Gasteiger partial charge in [0.1, 0.15) is 5.75 Å². The van der Waals surface area contributed by atoms with Gasteiger partial charge in [-0.1, -0.05) is 37.3 Å². The van der Waals surface area contributed by atoms with Gasteiger partial charge in [-0.05, 0) is 30.7 Å². The Balaban J connectivity index is 2.05. The molecule has 3 aromatic rings. The van der Waals surface area contributed by atoms with Crippen molar-refractivity contribution in [3.05, 3.63) is 54.6 Å². The minimum absolute atomic E-state index is 0.709. The first-order chi connectivity index (χ1) is 10.3. The van der Waals surface area contributed by atoms with Crippen molar-refractivity contribution in [2.45, 2.75) is 13.3 Å². The molecule has 0 saturated carbocycles. The summed E-state index contributed by atoms with van der Waals surface area (Å²) in [6.07, 6.45) is 0.985. The van der Waals surface area contributed by atoms with E-state index < -0.39 is 0 Å². The Labute approximate surface area is 124 Å². The summed E-state index contributed by atoms with van der Waals surface area (Å²) >= 11 is 0. The lowest BCUT2D eigenvalue weighted by Gasteiger charge is -2.09. The number of nitrogens with zero attached hydrogens (tertiary/aromatic N) is 1. The Morgan fingerprint density at radius 2 is 1.86 bits per heavy atom. The fraction of sp³-hybridized carbons (Fsp3) is 0.167. The summed E-state index contributed by atoms with van der Waals surface area (Å²) in [6.45, 7) is 2.80. The van der Waals surface area contributed by atoms with Gasteiger partial charge in [0.25, 0.3) is 0 Å². The number of nitrogen functional groups attached to an aromatic ring is 1. The number of benzene rings is 2. The first-order valence-corrected chi connectivity index (χ1v) is 7.16. The Morgan fingerprint density at radius 3 is 2.62 bits per heavy atom. The van der Waals surface area contributed by atoms with Gasteiger partial charge in [-0.25, -0.2) is 4.98 Å². The van der Waals surface area contributed by atoms with E-state index in [1.165, 1.54) is 0 Å². The van der Waals surface area contributed by atoms with Crippen LogP contribution in [0.2, 0.25) is 0 Å². The van der Waals surface area contributed by atoms with Crippen LogP contribution in [0.4, 0.5) is 5.69 Å². The maximum atomic E-state index is 6.20. The van der Waals surface area contributed by atoms with Gasteiger partial charge in [-0.2, -0.15) is 0 Å². The molecule has 0 spiro atoms. The molecular formula is C18H18N2O. The lowest BCUT2D eigenvalue weighted by molar-refractivity contribution is 0.318. The molecule has 3 nitrogen and oxygen atoms in total. The second-order valence-electron chi connectivity index (χ2n) is 4.99. The summed E-state index contributed by atoms with van der Waals surface area (Å²) in [5, 5.41) is 0.934. The second kappa shape index (κ2) is 5.83. The Bertz CT molecular complexity index is 754. The van der Waals surface area contributed by atoms with E-state index in [9.17, 15) is 0 Å². The van der Waals surface area contributed by atoms with Crippen LogP contribution in [0.15, 0.2) is 54.6 Å². The zero-order valence-corrected chi connectivity index (χ0v) is 12.0. The molecule has 0 fully saturated rings. The number of hydrogen-bond acceptors (Lipinski definition) is 3. The van der Waals surface area contributed by atoms with E-state index in [0.29, 0.717) is 6.61 Å². The highest BCUT2D eigenvalue weighted by Crippen LogP contribution is 2.29. The second-order valence-corrected chi connectivity index (χ2v) is 4.99. The summed E-state index contributed by atoms with van der Waals surface area (Å²) in [5.41, 5.74) is 9.76. The minimum atomic E-state index is 0.709. The molecule has 0 bridgehead atoms. The zero-order valence-electron chi connectivity index (χ0n) is 12.0. The Morgan fingerprint density at radius 1 is 1.05 bits per heavy atom. The van der Waals surface area contributed by atoms with E-state index in [1.54, 1.807) is 0 Å². The first-order valence-electron chi connectivity index (χ1n) is 7.16. The highest BCUT2D eigenvalue weighted by Gasteiger charge is 2.06. The SMILES string of the molecule is CCCOc1ccc2nc(-c3ccccc3)cc(N)c2c1. The number of nitrogens with two attached hydrogens (primary N) is 1. The summed E-state index contributed by atoms with van der Waals surface area (Å²) < 4.78 is 5.65. The number of fused-ring (bicyclic) bond motifs is 1. The topological polar surface area (TPSA) is 48.1 Å². The lowest BCUT2D eigenvalue weighted by atomic mass is 10.1. The summed E-state index contributed by atoms with van der Waals surface area (Å²) in [5.74, 6) is 0.838. The van der Waals surface area contributed by atoms with Crippen LogP contribution in [0, 0.1) is 0 Å². The molecule has 0 aliphatic carbocycles. The molecule has 3 heteroatoms. The smallest absolute Gasteiger partial charge is 0.120 e. The molecule has 0 unspecified atom stereocenters. The van der Waals surface area contributed by atoms with Gasteiger partial charge in [0.15, 0.2) is 0 Å². The third kappa shape index (κ3) is 2.82. The molecule has 2 aromatic carbocycles. The number of aromatic nitrogens is 1. The van der Waals surface area contributed by atoms with E-state index in [4.69, 9.17) is 15.5 Å². The normalized spacial score (nSPS) is 10.7. The van der Waals surface area contributed by atoms with Gasteiger partial charge < -0.3 is 10.5 Å². The Kier molecular flexibility index (Phi) is 3.73. The van der Waals surface area contributed by atoms with Crippen molar-refractivity contribution in [1.82, 2.24) is 4.98 Å². The Hall–Kier alpha value is -2.55. The number of rotatable bonds is 4. The third-order valence-electron chi connectivity index (χ3n) is 3.35. The predicted molar refractivity (Wildman–Crippen MR) is 87.4 cm³/mol. The molecule has 0 aliphatic rings. The van der Waals surface area contributed by atoms with Crippen molar-refractivity contribution >= 4 is 16.6 Å². The highest BCUT2D eigenvalue weighted by molar-refractivity contribution is 5.93. The van der Waals surface area contributed by atoms with Crippen LogP contribution in [0.25, 0.3) is 22.2 Å². The van der Waals surface area contributed by atoms with Crippen LogP contribution in [0.3, 0.4) is 0 Å². The molecule has 21 heavy (non-hydrogen) atoms. The number of anilines is 1. The molecule has 0 amide bonds. The van der Waals surface area contributed by atoms with Crippen molar-refractivity contribution in [2.24, 2.45) is 0 Å². The van der Waals surface area contributed by atoms with Gasteiger partial charge >= 0.3 is 0 Å². The number of pyridine rings is 1. The van der Waals surface area contributed by atoms with E-state index in [0.717, 1.165) is 40.0 Å². The molecule has 0 aliphatic heterocycles. The predicted octanol–water partition coefficient (Wildman–Crippen LogP) is 4.27. The van der Waals surface area contributed by atoms with Crippen LogP contribution in [0.5, 0.6) is 5.75 Å². The van der Waals surface area contributed by atoms with Gasteiger partial charge in [0.2, 0.25) is 0 Å². The van der Waals surface area contributed by atoms with Crippen LogP contribution >= 0.6 is 0 Å². The fourth-order valence-corrected chi connectivity index (χ4v) is 2.30. The monoisotopic (exact) mass is 278 g/mol. The molecular weight excluding hydrogens is 260 g/mol.